The van der Waals surface area contributed by atoms with Crippen molar-refractivity contribution < 1.29 is 17.5 Å². The Bertz CT molecular complexity index is 1840. The molecule has 0 spiro atoms. The molecule has 0 unspecified atom stereocenters. The highest BCUT2D eigenvalue weighted by Crippen LogP contribution is 2.37. The lowest BCUT2D eigenvalue weighted by Crippen LogP contribution is -2.22. The number of aromatic nitrogens is 3. The average molecular weight is 889 g/mol. The third-order valence-electron chi connectivity index (χ3n) is 7.22. The molecule has 8 nitrogen and oxygen atoms in total. The molecule has 0 bridgehead atoms. The first-order valence-corrected chi connectivity index (χ1v) is 20.0. The fraction of sp³-hybridized carbons (Fsp3) is 0.364. The van der Waals surface area contributed by atoms with Gasteiger partial charge in [0, 0.05) is 17.7 Å². The quantitative estimate of drug-likeness (QED) is 0.131. The summed E-state index contributed by atoms with van der Waals surface area (Å²) < 4.78 is 45.9. The monoisotopic (exact) mass is 885 g/mol. The molecule has 0 saturated carbocycles. The highest BCUT2D eigenvalue weighted by Gasteiger charge is 2.19. The molecular formula is C33H37BBr3ClFN5O3S. The van der Waals surface area contributed by atoms with Gasteiger partial charge in [-0.05, 0) is 112 Å². The van der Waals surface area contributed by atoms with Crippen LogP contribution >= 0.6 is 58.9 Å². The highest BCUT2D eigenvalue weighted by molar-refractivity contribution is 9.69. The number of halogens is 5. The predicted molar refractivity (Wildman–Crippen MR) is 207 cm³/mol. The second-order valence-electron chi connectivity index (χ2n) is 10.6. The zero-order chi connectivity index (χ0) is 35.3. The summed E-state index contributed by atoms with van der Waals surface area (Å²) in [5.41, 5.74) is 3.21. The minimum absolute atomic E-state index is 0.0943. The average Bonchev–Trinajstić information content (AvgIpc) is 3.56. The van der Waals surface area contributed by atoms with Crippen LogP contribution in [0.2, 0.25) is 5.02 Å². The molecule has 1 saturated heterocycles. The maximum absolute atomic E-state index is 15.0. The Hall–Kier alpha value is -2.28. The summed E-state index contributed by atoms with van der Waals surface area (Å²) in [7, 11) is -1.96. The Kier molecular flexibility index (Phi) is 16.6. The second-order valence-corrected chi connectivity index (χ2v) is 19.6. The molecule has 3 aromatic carbocycles. The Morgan fingerprint density at radius 3 is 2.33 bits per heavy atom. The number of aryl methyl sites for hydroxylation is 1. The fourth-order valence-electron chi connectivity index (χ4n) is 5.02. The van der Waals surface area contributed by atoms with E-state index in [1.54, 1.807) is 42.5 Å². The van der Waals surface area contributed by atoms with Crippen LogP contribution in [0.15, 0.2) is 53.4 Å². The zero-order valence-corrected chi connectivity index (χ0v) is 33.5. The summed E-state index contributed by atoms with van der Waals surface area (Å²) in [5.74, 6) is 5.55. The van der Waals surface area contributed by atoms with Gasteiger partial charge in [0.2, 0.25) is 5.95 Å². The van der Waals surface area contributed by atoms with Gasteiger partial charge in [0.15, 0.2) is 21.4 Å². The minimum atomic E-state index is -3.36. The molecule has 0 radical (unpaired) electrons. The molecule has 1 aliphatic rings. The van der Waals surface area contributed by atoms with Gasteiger partial charge in [-0.3, -0.25) is 0 Å². The lowest BCUT2D eigenvalue weighted by molar-refractivity contribution is 0.340. The first-order valence-electron chi connectivity index (χ1n) is 15.2. The van der Waals surface area contributed by atoms with Crippen molar-refractivity contribution in [2.24, 2.45) is 0 Å². The van der Waals surface area contributed by atoms with E-state index >= 15 is 0 Å². The molecule has 48 heavy (non-hydrogen) atoms. The highest BCUT2D eigenvalue weighted by atomic mass is 79.9. The first kappa shape index (κ1) is 40.2. The van der Waals surface area contributed by atoms with Crippen LogP contribution < -0.4 is 10.1 Å². The Morgan fingerprint density at radius 2 is 1.75 bits per heavy atom. The van der Waals surface area contributed by atoms with Gasteiger partial charge in [0.1, 0.15) is 5.52 Å². The van der Waals surface area contributed by atoms with Crippen LogP contribution in [-0.2, 0) is 9.84 Å². The molecule has 256 valence electrons. The van der Waals surface area contributed by atoms with E-state index in [4.69, 9.17) is 16.3 Å². The number of nitrogens with zero attached hydrogens (tertiary/aromatic N) is 4. The molecule has 0 atom stereocenters. The van der Waals surface area contributed by atoms with Crippen LogP contribution in [0.1, 0.15) is 45.1 Å². The van der Waals surface area contributed by atoms with Crippen LogP contribution in [0.3, 0.4) is 0 Å². The summed E-state index contributed by atoms with van der Waals surface area (Å²) in [6.45, 7) is 8.66. The second kappa shape index (κ2) is 19.8. The predicted octanol–water partition coefficient (Wildman–Crippen LogP) is 9.38. The smallest absolute Gasteiger partial charge is 0.369 e. The number of rotatable bonds is 9. The maximum atomic E-state index is 15.0. The molecule has 1 aliphatic heterocycles. The largest absolute Gasteiger partial charge is 0.494 e. The van der Waals surface area contributed by atoms with Crippen molar-refractivity contribution in [2.75, 3.05) is 37.8 Å². The summed E-state index contributed by atoms with van der Waals surface area (Å²) in [6, 6.07) is 13.1. The van der Waals surface area contributed by atoms with Crippen molar-refractivity contribution >= 4 is 94.6 Å². The van der Waals surface area contributed by atoms with Crippen molar-refractivity contribution in [3.8, 4) is 28.7 Å². The molecule has 4 aromatic rings. The minimum Gasteiger partial charge on any atom is -0.494 e. The zero-order valence-electron chi connectivity index (χ0n) is 27.2. The van der Waals surface area contributed by atoms with Crippen molar-refractivity contribution in [2.45, 2.75) is 51.3 Å². The summed E-state index contributed by atoms with van der Waals surface area (Å²) >= 11 is 15.6. The van der Waals surface area contributed by atoms with Gasteiger partial charge < -0.3 is 15.0 Å². The van der Waals surface area contributed by atoms with Gasteiger partial charge in [-0.25, -0.2) is 17.8 Å². The Balaban J connectivity index is 0.000000617. The van der Waals surface area contributed by atoms with Gasteiger partial charge in [-0.15, -0.1) is 69.3 Å². The van der Waals surface area contributed by atoms with E-state index in [1.165, 1.54) is 26.0 Å². The molecule has 0 aliphatic carbocycles. The number of benzene rings is 3. The fourth-order valence-corrected chi connectivity index (χ4v) is 6.57. The molecule has 1 fully saturated rings. The number of sulfone groups is 1. The normalized spacial score (nSPS) is 12.6. The molecule has 15 heteroatoms. The van der Waals surface area contributed by atoms with Crippen LogP contribution in [0.25, 0.3) is 22.2 Å². The van der Waals surface area contributed by atoms with Crippen molar-refractivity contribution in [3.05, 3.63) is 64.9 Å². The van der Waals surface area contributed by atoms with E-state index in [9.17, 15) is 12.8 Å². The third kappa shape index (κ3) is 12.0. The molecule has 1 aromatic heterocycles. The van der Waals surface area contributed by atoms with Crippen LogP contribution in [0, 0.1) is 24.6 Å². The molecule has 2 heterocycles. The van der Waals surface area contributed by atoms with Crippen LogP contribution in [0.5, 0.6) is 5.75 Å². The maximum Gasteiger partial charge on any atom is 0.369 e. The molecule has 5 rings (SSSR count). The number of hydrogen-bond acceptors (Lipinski definition) is 8. The van der Waals surface area contributed by atoms with Gasteiger partial charge in [-0.2, -0.15) is 0 Å². The number of fused-ring (bicyclic) bond motifs is 1. The standard InChI is InChI=1S/C28H29ClFN5O3S.C5H8.BBr3/c1-18-16-19(25-22(29)10-11-24(38-2)26(25)30)17-23-27(18)32-28(34-33-23)31-20-6-8-21(9-7-20)39(36,37)15-5-14-35-12-3-4-13-35;1-3-5-4-2;2-1(3)4/h6-11,16-17H,3-5,12-15H2,1-2H3,(H,31,32,34);3H2,1-2H3;. The van der Waals surface area contributed by atoms with E-state index in [0.717, 1.165) is 31.6 Å². The molecular weight excluding hydrogens is 851 g/mol. The van der Waals surface area contributed by atoms with E-state index in [-0.39, 0.29) is 31.2 Å². The number of methoxy groups -OCH3 is 1. The van der Waals surface area contributed by atoms with Crippen molar-refractivity contribution in [1.29, 1.82) is 0 Å². The van der Waals surface area contributed by atoms with E-state index in [2.05, 4.69) is 84.5 Å². The summed E-state index contributed by atoms with van der Waals surface area (Å²) in [4.78, 5) is 7.18. The van der Waals surface area contributed by atoms with Crippen molar-refractivity contribution in [1.82, 2.24) is 20.1 Å². The van der Waals surface area contributed by atoms with E-state index in [0.29, 0.717) is 33.6 Å². The number of likely N-dealkylation sites (tertiary alicyclic amines) is 1. The SMILES string of the molecule is BrB(Br)Br.CC#CCC.COc1ccc(Cl)c(-c2cc(C)c3nc(Nc4ccc(S(=O)(=O)CCCN5CCCC5)cc4)nnc3c2)c1F. The van der Waals surface area contributed by atoms with Gasteiger partial charge in [0.05, 0.1) is 28.3 Å². The van der Waals surface area contributed by atoms with Gasteiger partial charge in [-0.1, -0.05) is 18.5 Å². The van der Waals surface area contributed by atoms with E-state index < -0.39 is 15.7 Å². The first-order chi connectivity index (χ1) is 22.9. The van der Waals surface area contributed by atoms with E-state index in [1.807, 2.05) is 20.8 Å². The summed E-state index contributed by atoms with van der Waals surface area (Å²) in [6.07, 6.45) is 3.99. The van der Waals surface area contributed by atoms with Crippen molar-refractivity contribution in [3.63, 3.8) is 0 Å². The molecule has 0 amide bonds. The van der Waals surface area contributed by atoms with Gasteiger partial charge >= 0.3 is 3.18 Å². The van der Waals surface area contributed by atoms with Crippen LogP contribution in [-0.4, -0.2) is 64.2 Å². The van der Waals surface area contributed by atoms with Crippen LogP contribution in [0.4, 0.5) is 16.0 Å². The topological polar surface area (TPSA) is 97.3 Å². The number of nitrogens with one attached hydrogen (secondary N) is 1. The molecule has 1 N–H and O–H groups in total. The number of hydrogen-bond donors (Lipinski definition) is 1. The number of ether oxygens (including phenoxy) is 1. The third-order valence-corrected chi connectivity index (χ3v) is 9.36. The number of anilines is 2. The summed E-state index contributed by atoms with van der Waals surface area (Å²) in [5, 5.41) is 11.8. The Morgan fingerprint density at radius 1 is 1.08 bits per heavy atom. The van der Waals surface area contributed by atoms with Gasteiger partial charge in [0.25, 0.3) is 0 Å². The Labute approximate surface area is 312 Å². The lowest BCUT2D eigenvalue weighted by atomic mass is 10.0. The lowest BCUT2D eigenvalue weighted by Gasteiger charge is -2.14.